The zero-order chi connectivity index (χ0) is 13.6. The van der Waals surface area contributed by atoms with Gasteiger partial charge in [0, 0.05) is 26.5 Å². The molecule has 18 heavy (non-hydrogen) atoms. The van der Waals surface area contributed by atoms with E-state index < -0.39 is 10.0 Å². The van der Waals surface area contributed by atoms with Gasteiger partial charge in [0.15, 0.2) is 0 Å². The quantitative estimate of drug-likeness (QED) is 0.774. The van der Waals surface area contributed by atoms with Crippen LogP contribution in [0.15, 0.2) is 29.2 Å². The molecule has 0 aliphatic carbocycles. The van der Waals surface area contributed by atoms with Crippen molar-refractivity contribution >= 4 is 21.8 Å². The molecule has 102 valence electrons. The Hall–Kier alpha value is -0.560. The Labute approximate surface area is 113 Å². The van der Waals surface area contributed by atoms with Gasteiger partial charge < -0.3 is 5.11 Å². The molecular formula is C12H19NO3S2. The average molecular weight is 289 g/mol. The molecule has 1 N–H and O–H groups in total. The largest absolute Gasteiger partial charge is 0.396 e. The van der Waals surface area contributed by atoms with E-state index in [0.29, 0.717) is 4.90 Å². The number of benzene rings is 1. The van der Waals surface area contributed by atoms with Crippen molar-refractivity contribution in [3.63, 3.8) is 0 Å². The van der Waals surface area contributed by atoms with Crippen LogP contribution in [0.5, 0.6) is 0 Å². The number of thioether (sulfide) groups is 1. The predicted molar refractivity (Wildman–Crippen MR) is 75.2 cm³/mol. The Morgan fingerprint density at radius 3 is 2.67 bits per heavy atom. The number of rotatable bonds is 7. The summed E-state index contributed by atoms with van der Waals surface area (Å²) >= 11 is 1.69. The lowest BCUT2D eigenvalue weighted by atomic mass is 10.2. The molecule has 0 saturated heterocycles. The summed E-state index contributed by atoms with van der Waals surface area (Å²) in [5, 5.41) is 8.68. The van der Waals surface area contributed by atoms with Crippen LogP contribution in [0.1, 0.15) is 12.0 Å². The minimum Gasteiger partial charge on any atom is -0.396 e. The highest BCUT2D eigenvalue weighted by molar-refractivity contribution is 7.98. The average Bonchev–Trinajstić information content (AvgIpc) is 2.35. The minimum absolute atomic E-state index is 0.196. The number of aliphatic hydroxyl groups excluding tert-OH is 1. The third kappa shape index (κ3) is 4.28. The number of hydrogen-bond donors (Lipinski definition) is 1. The van der Waals surface area contributed by atoms with E-state index in [-0.39, 0.29) is 6.61 Å². The maximum absolute atomic E-state index is 11.9. The summed E-state index contributed by atoms with van der Waals surface area (Å²) in [6.45, 7) is 0.196. The second kappa shape index (κ2) is 7.13. The van der Waals surface area contributed by atoms with Crippen molar-refractivity contribution in [1.82, 2.24) is 4.31 Å². The van der Waals surface area contributed by atoms with E-state index in [1.807, 2.05) is 6.07 Å². The van der Waals surface area contributed by atoms with Gasteiger partial charge in [0.25, 0.3) is 0 Å². The van der Waals surface area contributed by atoms with E-state index in [1.165, 1.54) is 18.4 Å². The van der Waals surface area contributed by atoms with E-state index in [0.717, 1.165) is 23.5 Å². The van der Waals surface area contributed by atoms with Crippen LogP contribution in [0, 0.1) is 0 Å². The van der Waals surface area contributed by atoms with E-state index in [2.05, 4.69) is 0 Å². The highest BCUT2D eigenvalue weighted by Crippen LogP contribution is 2.18. The molecule has 4 nitrogen and oxygen atoms in total. The molecular weight excluding hydrogens is 270 g/mol. The maximum Gasteiger partial charge on any atom is 0.242 e. The van der Waals surface area contributed by atoms with E-state index >= 15 is 0 Å². The molecule has 0 heterocycles. The fourth-order valence-corrected chi connectivity index (χ4v) is 3.23. The van der Waals surface area contributed by atoms with Gasteiger partial charge in [-0.3, -0.25) is 0 Å². The predicted octanol–water partition coefficient (Wildman–Crippen LogP) is 1.55. The molecule has 0 atom stereocenters. The van der Waals surface area contributed by atoms with Crippen molar-refractivity contribution in [3.05, 3.63) is 29.8 Å². The van der Waals surface area contributed by atoms with Crippen LogP contribution in [-0.4, -0.2) is 44.3 Å². The first-order valence-electron chi connectivity index (χ1n) is 5.68. The van der Waals surface area contributed by atoms with Gasteiger partial charge in [-0.2, -0.15) is 11.8 Å². The number of nitrogens with zero attached hydrogens (tertiary/aromatic N) is 1. The summed E-state index contributed by atoms with van der Waals surface area (Å²) in [5.74, 6) is 1.64. The second-order valence-electron chi connectivity index (χ2n) is 4.06. The molecule has 0 aromatic heterocycles. The van der Waals surface area contributed by atoms with Crippen molar-refractivity contribution < 1.29 is 13.5 Å². The smallest absolute Gasteiger partial charge is 0.242 e. The van der Waals surface area contributed by atoms with Gasteiger partial charge in [0.05, 0.1) is 4.90 Å². The molecule has 6 heteroatoms. The lowest BCUT2D eigenvalue weighted by molar-refractivity contribution is 0.296. The fourth-order valence-electron chi connectivity index (χ4n) is 1.36. The van der Waals surface area contributed by atoms with Gasteiger partial charge >= 0.3 is 0 Å². The third-order valence-corrected chi connectivity index (χ3v) is 5.32. The van der Waals surface area contributed by atoms with E-state index in [1.54, 1.807) is 30.0 Å². The highest BCUT2D eigenvalue weighted by Gasteiger charge is 2.16. The van der Waals surface area contributed by atoms with Crippen LogP contribution < -0.4 is 0 Å². The zero-order valence-corrected chi connectivity index (χ0v) is 12.3. The molecule has 0 aliphatic heterocycles. The van der Waals surface area contributed by atoms with Crippen LogP contribution in [0.25, 0.3) is 0 Å². The highest BCUT2D eigenvalue weighted by atomic mass is 32.2. The first kappa shape index (κ1) is 15.5. The Balaban J connectivity index is 2.74. The Morgan fingerprint density at radius 2 is 2.06 bits per heavy atom. The lowest BCUT2D eigenvalue weighted by Crippen LogP contribution is -2.22. The molecule has 0 unspecified atom stereocenters. The monoisotopic (exact) mass is 289 g/mol. The Bertz CT molecular complexity index is 472. The van der Waals surface area contributed by atoms with Crippen LogP contribution in [-0.2, 0) is 15.8 Å². The maximum atomic E-state index is 11.9. The summed E-state index contributed by atoms with van der Waals surface area (Å²) in [6, 6.07) is 7.00. The molecule has 0 spiro atoms. The molecule has 1 aromatic rings. The molecule has 1 rings (SSSR count). The topological polar surface area (TPSA) is 57.6 Å². The summed E-state index contributed by atoms with van der Waals surface area (Å²) in [7, 11) is -0.299. The van der Waals surface area contributed by atoms with Crippen LogP contribution in [0.3, 0.4) is 0 Å². The molecule has 0 aliphatic rings. The van der Waals surface area contributed by atoms with Crippen LogP contribution in [0.2, 0.25) is 0 Å². The van der Waals surface area contributed by atoms with Crippen molar-refractivity contribution in [1.29, 1.82) is 0 Å². The van der Waals surface area contributed by atoms with Crippen LogP contribution >= 0.6 is 11.8 Å². The molecule has 0 fully saturated rings. The van der Waals surface area contributed by atoms with Gasteiger partial charge in [0.2, 0.25) is 10.0 Å². The number of hydrogen-bond acceptors (Lipinski definition) is 4. The van der Waals surface area contributed by atoms with Crippen LogP contribution in [0.4, 0.5) is 0 Å². The SMILES string of the molecule is CN(C)S(=O)(=O)c1cccc(CSCCCO)c1. The number of sulfonamides is 1. The Morgan fingerprint density at radius 1 is 1.33 bits per heavy atom. The van der Waals surface area contributed by atoms with Gasteiger partial charge in [0.1, 0.15) is 0 Å². The number of aliphatic hydroxyl groups is 1. The molecule has 0 bridgehead atoms. The zero-order valence-electron chi connectivity index (χ0n) is 10.7. The Kier molecular flexibility index (Phi) is 6.14. The molecule has 1 aromatic carbocycles. The van der Waals surface area contributed by atoms with Crippen molar-refractivity contribution in [3.8, 4) is 0 Å². The molecule has 0 saturated carbocycles. The van der Waals surface area contributed by atoms with Gasteiger partial charge in [-0.1, -0.05) is 12.1 Å². The molecule has 0 radical (unpaired) electrons. The molecule has 0 amide bonds. The van der Waals surface area contributed by atoms with E-state index in [9.17, 15) is 8.42 Å². The first-order valence-corrected chi connectivity index (χ1v) is 8.28. The standard InChI is InChI=1S/C12H19NO3S2/c1-13(2)18(15,16)12-6-3-5-11(9-12)10-17-8-4-7-14/h3,5-6,9,14H,4,7-8,10H2,1-2H3. The van der Waals surface area contributed by atoms with Crippen molar-refractivity contribution in [2.75, 3.05) is 26.5 Å². The van der Waals surface area contributed by atoms with Gasteiger partial charge in [-0.15, -0.1) is 0 Å². The van der Waals surface area contributed by atoms with E-state index in [4.69, 9.17) is 5.11 Å². The summed E-state index contributed by atoms with van der Waals surface area (Å²) < 4.78 is 25.1. The summed E-state index contributed by atoms with van der Waals surface area (Å²) in [6.07, 6.45) is 0.764. The van der Waals surface area contributed by atoms with Gasteiger partial charge in [-0.25, -0.2) is 12.7 Å². The fraction of sp³-hybridized carbons (Fsp3) is 0.500. The summed E-state index contributed by atoms with van der Waals surface area (Å²) in [4.78, 5) is 0.327. The normalized spacial score (nSPS) is 12.0. The second-order valence-corrected chi connectivity index (χ2v) is 7.32. The van der Waals surface area contributed by atoms with Crippen molar-refractivity contribution in [2.45, 2.75) is 17.1 Å². The van der Waals surface area contributed by atoms with Gasteiger partial charge in [-0.05, 0) is 29.9 Å². The summed E-state index contributed by atoms with van der Waals surface area (Å²) in [5.41, 5.74) is 0.987. The third-order valence-electron chi connectivity index (χ3n) is 2.39. The minimum atomic E-state index is -3.35. The lowest BCUT2D eigenvalue weighted by Gasteiger charge is -2.12. The first-order chi connectivity index (χ1) is 8.48. The van der Waals surface area contributed by atoms with Crippen molar-refractivity contribution in [2.24, 2.45) is 0 Å².